The molecule has 12 nitrogen and oxygen atoms in total. The molecule has 0 aliphatic heterocycles. The number of nitrogens with zero attached hydrogens (tertiary/aromatic N) is 2. The summed E-state index contributed by atoms with van der Waals surface area (Å²) < 4.78 is 0. The quantitative estimate of drug-likeness (QED) is 0.128. The van der Waals surface area contributed by atoms with Crippen molar-refractivity contribution in [2.24, 2.45) is 17.8 Å². The molecule has 0 saturated carbocycles. The summed E-state index contributed by atoms with van der Waals surface area (Å²) in [5.41, 5.74) is 14.0. The molecule has 3 unspecified atom stereocenters. The molecule has 3 aliphatic rings. The summed E-state index contributed by atoms with van der Waals surface area (Å²) in [7, 11) is 0. The van der Waals surface area contributed by atoms with Gasteiger partial charge in [-0.15, -0.1) is 0 Å². The summed E-state index contributed by atoms with van der Waals surface area (Å²) in [4.78, 5) is 42.7. The average Bonchev–Trinajstić information content (AvgIpc) is 3.75. The predicted molar refractivity (Wildman–Crippen MR) is 186 cm³/mol. The second-order valence-electron chi connectivity index (χ2n) is 13.0. The van der Waals surface area contributed by atoms with Crippen LogP contribution in [-0.4, -0.2) is 33.4 Å². The van der Waals surface area contributed by atoms with Crippen molar-refractivity contribution in [1.29, 1.82) is 0 Å². The second-order valence-corrected chi connectivity index (χ2v) is 13.0. The minimum atomic E-state index is -0.470. The number of carbonyl (C=O) groups is 2. The van der Waals surface area contributed by atoms with Crippen molar-refractivity contribution in [2.45, 2.75) is 79.1 Å². The van der Waals surface area contributed by atoms with Crippen LogP contribution in [-0.2, 0) is 48.1 Å². The van der Waals surface area contributed by atoms with Crippen molar-refractivity contribution in [3.63, 3.8) is 0 Å². The van der Waals surface area contributed by atoms with E-state index in [9.17, 15) is 29.8 Å². The topological polar surface area (TPSA) is 191 Å². The molecule has 48 heavy (non-hydrogen) atoms. The van der Waals surface area contributed by atoms with E-state index >= 15 is 0 Å². The SMILES string of the molecule is CCC1Cc2cc(NC(C)=O)c([N+](=O)[O-])cc2C1.CCC1Cc2ccc(NC(C)=O)cc2C1.Nc1cc2c(cc1[N+](=O)[O-])CC(CO)C2. The number of hydrogen-bond donors (Lipinski definition) is 4. The number of nitro benzene ring substituents is 2. The number of hydrogen-bond acceptors (Lipinski definition) is 8. The maximum atomic E-state index is 11.1. The Kier molecular flexibility index (Phi) is 11.9. The lowest BCUT2D eigenvalue weighted by Gasteiger charge is -2.06. The molecule has 3 aliphatic carbocycles. The fraction of sp³-hybridized carbons (Fsp3) is 0.444. The van der Waals surface area contributed by atoms with Crippen molar-refractivity contribution in [3.05, 3.63) is 96.1 Å². The van der Waals surface area contributed by atoms with Gasteiger partial charge in [0.15, 0.2) is 0 Å². The van der Waals surface area contributed by atoms with E-state index in [1.165, 1.54) is 43.4 Å². The van der Waals surface area contributed by atoms with Crippen LogP contribution in [0.2, 0.25) is 0 Å². The molecule has 0 fully saturated rings. The third-order valence-electron chi connectivity index (χ3n) is 9.36. The summed E-state index contributed by atoms with van der Waals surface area (Å²) in [6.45, 7) is 7.38. The maximum absolute atomic E-state index is 11.1. The summed E-state index contributed by atoms with van der Waals surface area (Å²) >= 11 is 0. The van der Waals surface area contributed by atoms with Crippen molar-refractivity contribution in [1.82, 2.24) is 0 Å². The number of nitrogens with one attached hydrogen (secondary N) is 2. The van der Waals surface area contributed by atoms with Crippen LogP contribution in [0.1, 0.15) is 73.9 Å². The standard InChI is InChI=1S/C13H16N2O3.C13H17NO.C10H12N2O3/c1-3-9-4-10-6-12(14-8(2)16)13(15(17)18)7-11(10)5-9;1-3-10-6-11-4-5-13(14-9(2)15)8-12(11)7-10;11-9-3-7-1-6(5-13)2-8(7)4-10(9)12(14)15/h6-7,9H,3-5H2,1-2H3,(H,14,16);4-5,8,10H,3,6-7H2,1-2H3,(H,14,15);3-4,6,13H,1-2,5,11H2. The van der Waals surface area contributed by atoms with Gasteiger partial charge in [0.05, 0.1) is 9.85 Å². The monoisotopic (exact) mass is 659 g/mol. The fourth-order valence-electron chi connectivity index (χ4n) is 6.82. The van der Waals surface area contributed by atoms with E-state index in [1.807, 2.05) is 6.07 Å². The summed E-state index contributed by atoms with van der Waals surface area (Å²) in [5, 5.41) is 36.0. The molecule has 2 amide bonds. The van der Waals surface area contributed by atoms with E-state index in [2.05, 4.69) is 36.6 Å². The Labute approximate surface area is 280 Å². The lowest BCUT2D eigenvalue weighted by molar-refractivity contribution is -0.384. The zero-order valence-electron chi connectivity index (χ0n) is 28.0. The number of benzene rings is 3. The van der Waals surface area contributed by atoms with Gasteiger partial charge in [-0.25, -0.2) is 0 Å². The van der Waals surface area contributed by atoms with Gasteiger partial charge in [0.25, 0.3) is 11.4 Å². The number of aliphatic hydroxyl groups is 1. The highest BCUT2D eigenvalue weighted by molar-refractivity contribution is 5.91. The Morgan fingerprint density at radius 3 is 1.67 bits per heavy atom. The molecule has 3 atom stereocenters. The van der Waals surface area contributed by atoms with Gasteiger partial charge in [0, 0.05) is 38.3 Å². The third kappa shape index (κ3) is 8.94. The number of carbonyl (C=O) groups excluding carboxylic acids is 2. The van der Waals surface area contributed by atoms with E-state index in [4.69, 9.17) is 10.8 Å². The van der Waals surface area contributed by atoms with Crippen LogP contribution in [0.5, 0.6) is 0 Å². The number of aliphatic hydroxyl groups excluding tert-OH is 1. The fourth-order valence-corrected chi connectivity index (χ4v) is 6.82. The molecule has 0 spiro atoms. The Hall–Kier alpha value is -4.84. The van der Waals surface area contributed by atoms with Crippen LogP contribution in [0.25, 0.3) is 0 Å². The highest BCUT2D eigenvalue weighted by Gasteiger charge is 2.27. The first kappa shape index (κ1) is 36.0. The zero-order chi connectivity index (χ0) is 35.1. The second kappa shape index (κ2) is 15.8. The highest BCUT2D eigenvalue weighted by atomic mass is 16.6. The van der Waals surface area contributed by atoms with Gasteiger partial charge in [0.2, 0.25) is 11.8 Å². The summed E-state index contributed by atoms with van der Waals surface area (Å²) in [6, 6.07) is 12.8. The van der Waals surface area contributed by atoms with Crippen molar-refractivity contribution in [2.75, 3.05) is 23.0 Å². The average molecular weight is 660 g/mol. The molecule has 0 heterocycles. The molecule has 3 aromatic rings. The normalized spacial score (nSPS) is 18.2. The minimum Gasteiger partial charge on any atom is -0.396 e. The molecule has 12 heteroatoms. The minimum absolute atomic E-state index is 0.0000107. The molecule has 6 rings (SSSR count). The summed E-state index contributed by atoms with van der Waals surface area (Å²) in [5.74, 6) is 1.25. The van der Waals surface area contributed by atoms with Gasteiger partial charge in [-0.05, 0) is 114 Å². The number of anilines is 3. The first-order valence-electron chi connectivity index (χ1n) is 16.4. The molecule has 0 bridgehead atoms. The van der Waals surface area contributed by atoms with Crippen LogP contribution in [0, 0.1) is 38.0 Å². The van der Waals surface area contributed by atoms with Crippen LogP contribution in [0.4, 0.5) is 28.4 Å². The van der Waals surface area contributed by atoms with Gasteiger partial charge in [-0.1, -0.05) is 32.8 Å². The van der Waals surface area contributed by atoms with Crippen molar-refractivity contribution in [3.8, 4) is 0 Å². The maximum Gasteiger partial charge on any atom is 0.293 e. The zero-order valence-corrected chi connectivity index (χ0v) is 28.0. The van der Waals surface area contributed by atoms with E-state index < -0.39 is 9.85 Å². The smallest absolute Gasteiger partial charge is 0.293 e. The number of fused-ring (bicyclic) bond motifs is 3. The molecule has 0 saturated heterocycles. The highest BCUT2D eigenvalue weighted by Crippen LogP contribution is 2.37. The number of amides is 2. The molecule has 5 N–H and O–H groups in total. The van der Waals surface area contributed by atoms with Gasteiger partial charge in [-0.3, -0.25) is 29.8 Å². The molecular weight excluding hydrogens is 614 g/mol. The van der Waals surface area contributed by atoms with Crippen molar-refractivity contribution >= 4 is 40.3 Å². The van der Waals surface area contributed by atoms with Crippen LogP contribution in [0.15, 0.2) is 42.5 Å². The Bertz CT molecular complexity index is 1710. The van der Waals surface area contributed by atoms with E-state index in [1.54, 1.807) is 25.1 Å². The largest absolute Gasteiger partial charge is 0.396 e. The molecule has 256 valence electrons. The third-order valence-corrected chi connectivity index (χ3v) is 9.36. The molecule has 3 aromatic carbocycles. The van der Waals surface area contributed by atoms with Gasteiger partial charge >= 0.3 is 0 Å². The van der Waals surface area contributed by atoms with Crippen LogP contribution >= 0.6 is 0 Å². The lowest BCUT2D eigenvalue weighted by atomic mass is 10.0. The predicted octanol–water partition coefficient (Wildman–Crippen LogP) is 6.33. The molecule has 0 aromatic heterocycles. The summed E-state index contributed by atoms with van der Waals surface area (Å²) in [6.07, 6.45) is 7.97. The van der Waals surface area contributed by atoms with Gasteiger partial charge in [-0.2, -0.15) is 0 Å². The Morgan fingerprint density at radius 2 is 1.17 bits per heavy atom. The first-order chi connectivity index (χ1) is 22.8. The lowest BCUT2D eigenvalue weighted by Crippen LogP contribution is -2.08. The van der Waals surface area contributed by atoms with E-state index in [0.717, 1.165) is 59.5 Å². The first-order valence-corrected chi connectivity index (χ1v) is 16.4. The number of nitrogen functional groups attached to an aromatic ring is 1. The Morgan fingerprint density at radius 1 is 0.708 bits per heavy atom. The van der Waals surface area contributed by atoms with E-state index in [-0.39, 0.29) is 41.4 Å². The number of nitro groups is 2. The molecule has 0 radical (unpaired) electrons. The van der Waals surface area contributed by atoms with Crippen molar-refractivity contribution < 1.29 is 24.5 Å². The van der Waals surface area contributed by atoms with E-state index in [0.29, 0.717) is 18.0 Å². The Balaban J connectivity index is 0.000000164. The number of nitrogens with two attached hydrogens (primary N) is 1. The number of rotatable bonds is 7. The molecular formula is C36H45N5O7. The van der Waals surface area contributed by atoms with Crippen LogP contribution < -0.4 is 16.4 Å². The van der Waals surface area contributed by atoms with Gasteiger partial charge < -0.3 is 21.5 Å². The van der Waals surface area contributed by atoms with Crippen LogP contribution in [0.3, 0.4) is 0 Å². The van der Waals surface area contributed by atoms with Gasteiger partial charge in [0.1, 0.15) is 11.4 Å².